The van der Waals surface area contributed by atoms with Crippen LogP contribution < -0.4 is 15.5 Å². The fraction of sp³-hybridized carbons (Fsp3) is 0.167. The van der Waals surface area contributed by atoms with Crippen molar-refractivity contribution < 1.29 is 9.18 Å². The first kappa shape index (κ1) is 21.8. The van der Waals surface area contributed by atoms with Crippen LogP contribution >= 0.6 is 11.6 Å². The van der Waals surface area contributed by atoms with E-state index >= 15 is 0 Å². The van der Waals surface area contributed by atoms with E-state index < -0.39 is 5.82 Å². The van der Waals surface area contributed by atoms with Gasteiger partial charge < -0.3 is 5.73 Å². The maximum atomic E-state index is 13.5. The van der Waals surface area contributed by atoms with Crippen LogP contribution in [0.25, 0.3) is 22.5 Å². The Morgan fingerprint density at radius 1 is 1.12 bits per heavy atom. The van der Waals surface area contributed by atoms with Crippen LogP contribution in [0.5, 0.6) is 0 Å². The molecule has 5 rings (SSSR count). The van der Waals surface area contributed by atoms with Crippen molar-refractivity contribution in [2.24, 2.45) is 0 Å². The fourth-order valence-electron chi connectivity index (χ4n) is 4.03. The van der Waals surface area contributed by atoms with Crippen LogP contribution in [0.4, 0.5) is 26.5 Å². The minimum absolute atomic E-state index is 0.172. The molecule has 3 heterocycles. The molecule has 0 atom stereocenters. The van der Waals surface area contributed by atoms with Gasteiger partial charge in [0.15, 0.2) is 0 Å². The number of aryl methyl sites for hydroxylation is 1. The Kier molecular flexibility index (Phi) is 5.62. The van der Waals surface area contributed by atoms with Crippen molar-refractivity contribution in [2.45, 2.75) is 13.5 Å². The van der Waals surface area contributed by atoms with Gasteiger partial charge in [-0.2, -0.15) is 5.10 Å². The van der Waals surface area contributed by atoms with E-state index in [-0.39, 0.29) is 17.0 Å². The molecule has 1 fully saturated rings. The van der Waals surface area contributed by atoms with E-state index in [0.717, 1.165) is 16.8 Å². The number of urea groups is 1. The zero-order valence-electron chi connectivity index (χ0n) is 18.3. The SMILES string of the molecule is CCn1cc(-c2cccc(N3CCN(c4ccc(F)cc4Cl)C3=O)c2)c(-c2ccnc(N)n2)n1. The highest BCUT2D eigenvalue weighted by atomic mass is 35.5. The highest BCUT2D eigenvalue weighted by molar-refractivity contribution is 6.34. The molecule has 8 nitrogen and oxygen atoms in total. The smallest absolute Gasteiger partial charge is 0.329 e. The zero-order chi connectivity index (χ0) is 23.8. The summed E-state index contributed by atoms with van der Waals surface area (Å²) in [5.41, 5.74) is 10.1. The predicted octanol–water partition coefficient (Wildman–Crippen LogP) is 4.85. The number of carbonyl (C=O) groups excluding carboxylic acids is 1. The average molecular weight is 478 g/mol. The number of hydrogen-bond donors (Lipinski definition) is 1. The molecule has 2 amide bonds. The van der Waals surface area contributed by atoms with Gasteiger partial charge in [-0.3, -0.25) is 14.5 Å². The van der Waals surface area contributed by atoms with Crippen LogP contribution in [0.2, 0.25) is 5.02 Å². The summed E-state index contributed by atoms with van der Waals surface area (Å²) in [6.07, 6.45) is 3.55. The monoisotopic (exact) mass is 477 g/mol. The second-order valence-electron chi connectivity index (χ2n) is 7.78. The van der Waals surface area contributed by atoms with Crippen molar-refractivity contribution in [3.63, 3.8) is 0 Å². The number of benzene rings is 2. The molecular weight excluding hydrogens is 457 g/mol. The Balaban J connectivity index is 1.49. The fourth-order valence-corrected chi connectivity index (χ4v) is 4.30. The van der Waals surface area contributed by atoms with Crippen molar-refractivity contribution in [1.29, 1.82) is 0 Å². The average Bonchev–Trinajstić information content (AvgIpc) is 3.43. The van der Waals surface area contributed by atoms with Gasteiger partial charge in [0.2, 0.25) is 5.95 Å². The maximum Gasteiger partial charge on any atom is 0.329 e. The second kappa shape index (κ2) is 8.75. The number of nitrogen functional groups attached to an aromatic ring is 1. The molecule has 1 aliphatic rings. The quantitative estimate of drug-likeness (QED) is 0.443. The highest BCUT2D eigenvalue weighted by Gasteiger charge is 2.32. The number of anilines is 3. The normalized spacial score (nSPS) is 13.7. The molecule has 1 saturated heterocycles. The number of rotatable bonds is 5. The summed E-state index contributed by atoms with van der Waals surface area (Å²) in [5, 5.41) is 4.86. The van der Waals surface area contributed by atoms with Crippen LogP contribution in [-0.2, 0) is 6.54 Å². The summed E-state index contributed by atoms with van der Waals surface area (Å²) in [6, 6.07) is 13.2. The molecule has 0 saturated carbocycles. The number of halogens is 2. The number of carbonyl (C=O) groups is 1. The Labute approximate surface area is 200 Å². The first-order valence-corrected chi connectivity index (χ1v) is 11.1. The maximum absolute atomic E-state index is 13.5. The molecular formula is C24H21ClFN7O. The molecule has 0 aliphatic carbocycles. The van der Waals surface area contributed by atoms with Crippen molar-refractivity contribution in [2.75, 3.05) is 28.6 Å². The van der Waals surface area contributed by atoms with Crippen molar-refractivity contribution >= 4 is 35.0 Å². The molecule has 0 bridgehead atoms. The third kappa shape index (κ3) is 3.94. The minimum atomic E-state index is -0.446. The van der Waals surface area contributed by atoms with E-state index in [9.17, 15) is 9.18 Å². The lowest BCUT2D eigenvalue weighted by Gasteiger charge is -2.20. The van der Waals surface area contributed by atoms with Crippen LogP contribution in [-0.4, -0.2) is 38.9 Å². The van der Waals surface area contributed by atoms with Gasteiger partial charge in [-0.25, -0.2) is 19.2 Å². The molecule has 10 heteroatoms. The standard InChI is InChI=1S/C24H21ClFN7O/c1-2-31-14-18(22(30-31)20-8-9-28-23(27)29-20)15-4-3-5-17(12-15)32-10-11-33(24(32)34)21-7-6-16(26)13-19(21)25/h3-9,12-14H,2,10-11H2,1H3,(H2,27,28,29). The van der Waals surface area contributed by atoms with Gasteiger partial charge in [-0.1, -0.05) is 23.7 Å². The lowest BCUT2D eigenvalue weighted by Crippen LogP contribution is -2.31. The Hall–Kier alpha value is -3.98. The molecule has 172 valence electrons. The summed E-state index contributed by atoms with van der Waals surface area (Å²) in [4.78, 5) is 24.7. The largest absolute Gasteiger partial charge is 0.368 e. The topological polar surface area (TPSA) is 93.2 Å². The third-order valence-corrected chi connectivity index (χ3v) is 5.98. The van der Waals surface area contributed by atoms with Crippen molar-refractivity contribution in [1.82, 2.24) is 19.7 Å². The summed E-state index contributed by atoms with van der Waals surface area (Å²) in [6.45, 7) is 3.60. The van der Waals surface area contributed by atoms with E-state index in [1.54, 1.807) is 22.1 Å². The number of aromatic nitrogens is 4. The molecule has 2 aromatic carbocycles. The molecule has 0 radical (unpaired) electrons. The predicted molar refractivity (Wildman–Crippen MR) is 130 cm³/mol. The third-order valence-electron chi connectivity index (χ3n) is 5.68. The van der Waals surface area contributed by atoms with E-state index in [1.165, 1.54) is 18.2 Å². The van der Waals surface area contributed by atoms with Crippen molar-refractivity contribution in [3.8, 4) is 22.5 Å². The van der Waals surface area contributed by atoms with Crippen LogP contribution in [0.3, 0.4) is 0 Å². The summed E-state index contributed by atoms with van der Waals surface area (Å²) >= 11 is 6.20. The summed E-state index contributed by atoms with van der Waals surface area (Å²) < 4.78 is 15.3. The molecule has 0 unspecified atom stereocenters. The lowest BCUT2D eigenvalue weighted by atomic mass is 10.0. The number of amides is 2. The van der Waals surface area contributed by atoms with Gasteiger partial charge in [0, 0.05) is 43.3 Å². The van der Waals surface area contributed by atoms with Crippen molar-refractivity contribution in [3.05, 3.63) is 71.8 Å². The zero-order valence-corrected chi connectivity index (χ0v) is 19.1. The molecule has 1 aliphatic heterocycles. The number of nitrogens with zero attached hydrogens (tertiary/aromatic N) is 6. The van der Waals surface area contributed by atoms with Gasteiger partial charge in [-0.15, -0.1) is 0 Å². The molecule has 34 heavy (non-hydrogen) atoms. The van der Waals surface area contributed by atoms with Crippen LogP contribution in [0, 0.1) is 5.82 Å². The van der Waals surface area contributed by atoms with E-state index in [1.807, 2.05) is 42.1 Å². The van der Waals surface area contributed by atoms with Crippen LogP contribution in [0.1, 0.15) is 6.92 Å². The molecule has 2 N–H and O–H groups in total. The van der Waals surface area contributed by atoms with Gasteiger partial charge in [0.05, 0.1) is 16.4 Å². The van der Waals surface area contributed by atoms with Gasteiger partial charge in [-0.05, 0) is 48.9 Å². The van der Waals surface area contributed by atoms with E-state index in [0.29, 0.717) is 36.7 Å². The van der Waals surface area contributed by atoms with E-state index in [4.69, 9.17) is 17.3 Å². The Morgan fingerprint density at radius 2 is 1.94 bits per heavy atom. The second-order valence-corrected chi connectivity index (χ2v) is 8.19. The first-order valence-electron chi connectivity index (χ1n) is 10.8. The molecule has 0 spiro atoms. The van der Waals surface area contributed by atoms with E-state index in [2.05, 4.69) is 15.1 Å². The number of hydrogen-bond acceptors (Lipinski definition) is 5. The Bertz CT molecular complexity index is 1390. The minimum Gasteiger partial charge on any atom is -0.368 e. The summed E-state index contributed by atoms with van der Waals surface area (Å²) in [5.74, 6) is -0.274. The van der Waals surface area contributed by atoms with Gasteiger partial charge >= 0.3 is 6.03 Å². The van der Waals surface area contributed by atoms with Gasteiger partial charge in [0.1, 0.15) is 11.5 Å². The Morgan fingerprint density at radius 3 is 2.71 bits per heavy atom. The summed E-state index contributed by atoms with van der Waals surface area (Å²) in [7, 11) is 0. The van der Waals surface area contributed by atoms with Crippen LogP contribution in [0.15, 0.2) is 60.9 Å². The highest BCUT2D eigenvalue weighted by Crippen LogP contribution is 2.35. The van der Waals surface area contributed by atoms with Gasteiger partial charge in [0.25, 0.3) is 0 Å². The molecule has 4 aromatic rings. The molecule has 2 aromatic heterocycles. The lowest BCUT2D eigenvalue weighted by molar-refractivity contribution is 0.256. The number of nitrogens with two attached hydrogens (primary N) is 1. The first-order chi connectivity index (χ1) is 16.4.